The number of hydrogen-bond acceptors (Lipinski definition) is 2. The molecule has 0 heterocycles. The molecule has 0 atom stereocenters. The third-order valence-electron chi connectivity index (χ3n) is 2.55. The van der Waals surface area contributed by atoms with Crippen LogP contribution in [0.5, 0.6) is 0 Å². The lowest BCUT2D eigenvalue weighted by Crippen LogP contribution is -1.95. The summed E-state index contributed by atoms with van der Waals surface area (Å²) in [5.41, 5.74) is 2.81. The van der Waals surface area contributed by atoms with E-state index < -0.39 is 5.97 Å². The fourth-order valence-corrected chi connectivity index (χ4v) is 1.68. The van der Waals surface area contributed by atoms with Crippen LogP contribution in [0.2, 0.25) is 0 Å². The third kappa shape index (κ3) is 2.52. The molecule has 86 valence electrons. The minimum Gasteiger partial charge on any atom is -0.478 e. The van der Waals surface area contributed by atoms with Crippen molar-refractivity contribution < 1.29 is 15.0 Å². The standard InChI is InChI=1S/C14H12O3/c15-9-10-3-1-4-11(7-10)12-5-2-6-13(8-12)14(16)17/h1-8,15H,9H2,(H,16,17). The van der Waals surface area contributed by atoms with Crippen LogP contribution in [0.15, 0.2) is 48.5 Å². The summed E-state index contributed by atoms with van der Waals surface area (Å²) in [4.78, 5) is 10.9. The molecule has 0 saturated carbocycles. The maximum absolute atomic E-state index is 10.9. The summed E-state index contributed by atoms with van der Waals surface area (Å²) >= 11 is 0. The summed E-state index contributed by atoms with van der Waals surface area (Å²) in [6, 6.07) is 14.1. The summed E-state index contributed by atoms with van der Waals surface area (Å²) in [6.45, 7) is -0.0214. The van der Waals surface area contributed by atoms with Crippen LogP contribution < -0.4 is 0 Å². The second kappa shape index (κ2) is 4.80. The van der Waals surface area contributed by atoms with E-state index in [1.165, 1.54) is 0 Å². The van der Waals surface area contributed by atoms with Gasteiger partial charge in [0, 0.05) is 0 Å². The molecule has 0 saturated heterocycles. The van der Waals surface area contributed by atoms with E-state index in [1.807, 2.05) is 30.3 Å². The average molecular weight is 228 g/mol. The normalized spacial score (nSPS) is 10.2. The van der Waals surface area contributed by atoms with Crippen LogP contribution in [0.3, 0.4) is 0 Å². The lowest BCUT2D eigenvalue weighted by atomic mass is 10.0. The molecule has 0 aliphatic heterocycles. The van der Waals surface area contributed by atoms with Crippen molar-refractivity contribution in [3.8, 4) is 11.1 Å². The van der Waals surface area contributed by atoms with E-state index in [0.717, 1.165) is 16.7 Å². The van der Waals surface area contributed by atoms with Gasteiger partial charge in [0.05, 0.1) is 12.2 Å². The Morgan fingerprint density at radius 2 is 1.65 bits per heavy atom. The molecule has 2 rings (SSSR count). The zero-order valence-electron chi connectivity index (χ0n) is 9.13. The van der Waals surface area contributed by atoms with Crippen LogP contribution in [0, 0.1) is 0 Å². The summed E-state index contributed by atoms with van der Waals surface area (Å²) < 4.78 is 0. The van der Waals surface area contributed by atoms with Crippen molar-refractivity contribution in [1.29, 1.82) is 0 Å². The molecule has 0 bridgehead atoms. The Kier molecular flexibility index (Phi) is 3.21. The van der Waals surface area contributed by atoms with Crippen LogP contribution >= 0.6 is 0 Å². The van der Waals surface area contributed by atoms with E-state index in [4.69, 9.17) is 10.2 Å². The maximum atomic E-state index is 10.9. The van der Waals surface area contributed by atoms with E-state index in [-0.39, 0.29) is 12.2 Å². The van der Waals surface area contributed by atoms with Crippen LogP contribution in [-0.2, 0) is 6.61 Å². The molecule has 3 heteroatoms. The smallest absolute Gasteiger partial charge is 0.335 e. The number of carbonyl (C=O) groups is 1. The minimum absolute atomic E-state index is 0.0214. The lowest BCUT2D eigenvalue weighted by Gasteiger charge is -2.04. The first-order valence-electron chi connectivity index (χ1n) is 5.24. The Labute approximate surface area is 99.0 Å². The first kappa shape index (κ1) is 11.4. The minimum atomic E-state index is -0.940. The van der Waals surface area contributed by atoms with Gasteiger partial charge in [0.25, 0.3) is 0 Å². The molecule has 0 unspecified atom stereocenters. The Morgan fingerprint density at radius 1 is 1.00 bits per heavy atom. The number of hydrogen-bond donors (Lipinski definition) is 2. The molecule has 0 aliphatic rings. The molecule has 17 heavy (non-hydrogen) atoms. The van der Waals surface area contributed by atoms with Gasteiger partial charge in [0.1, 0.15) is 0 Å². The van der Waals surface area contributed by atoms with Crippen molar-refractivity contribution in [2.45, 2.75) is 6.61 Å². The van der Waals surface area contributed by atoms with Gasteiger partial charge in [-0.1, -0.05) is 30.3 Å². The Bertz CT molecular complexity index is 547. The third-order valence-corrected chi connectivity index (χ3v) is 2.55. The molecule has 2 aromatic carbocycles. The SMILES string of the molecule is O=C(O)c1cccc(-c2cccc(CO)c2)c1. The zero-order valence-corrected chi connectivity index (χ0v) is 9.13. The van der Waals surface area contributed by atoms with Gasteiger partial charge in [-0.25, -0.2) is 4.79 Å². The molecule has 0 aliphatic carbocycles. The Hall–Kier alpha value is -2.13. The summed E-state index contributed by atoms with van der Waals surface area (Å²) in [5, 5.41) is 18.0. The van der Waals surface area contributed by atoms with Crippen molar-refractivity contribution in [2.24, 2.45) is 0 Å². The molecule has 0 fully saturated rings. The predicted molar refractivity (Wildman–Crippen MR) is 64.8 cm³/mol. The van der Waals surface area contributed by atoms with Gasteiger partial charge < -0.3 is 10.2 Å². The van der Waals surface area contributed by atoms with Gasteiger partial charge in [-0.05, 0) is 34.9 Å². The second-order valence-electron chi connectivity index (χ2n) is 3.74. The Balaban J connectivity index is 2.45. The fraction of sp³-hybridized carbons (Fsp3) is 0.0714. The van der Waals surface area contributed by atoms with Crippen molar-refractivity contribution in [3.63, 3.8) is 0 Å². The molecule has 0 amide bonds. The number of aromatic carboxylic acids is 1. The van der Waals surface area contributed by atoms with Gasteiger partial charge in [0.15, 0.2) is 0 Å². The van der Waals surface area contributed by atoms with Crippen molar-refractivity contribution >= 4 is 5.97 Å². The highest BCUT2D eigenvalue weighted by Crippen LogP contribution is 2.21. The molecule has 3 nitrogen and oxygen atoms in total. The quantitative estimate of drug-likeness (QED) is 0.848. The highest BCUT2D eigenvalue weighted by atomic mass is 16.4. The van der Waals surface area contributed by atoms with Gasteiger partial charge in [0.2, 0.25) is 0 Å². The topological polar surface area (TPSA) is 57.5 Å². The highest BCUT2D eigenvalue weighted by molar-refractivity contribution is 5.89. The molecule has 0 aromatic heterocycles. The van der Waals surface area contributed by atoms with E-state index in [0.29, 0.717) is 0 Å². The number of benzene rings is 2. The number of carboxylic acid groups (broad SMARTS) is 1. The van der Waals surface area contributed by atoms with Crippen LogP contribution in [0.25, 0.3) is 11.1 Å². The summed E-state index contributed by atoms with van der Waals surface area (Å²) in [7, 11) is 0. The monoisotopic (exact) mass is 228 g/mol. The van der Waals surface area contributed by atoms with Crippen LogP contribution in [0.4, 0.5) is 0 Å². The van der Waals surface area contributed by atoms with Gasteiger partial charge >= 0.3 is 5.97 Å². The number of aliphatic hydroxyl groups is 1. The molecule has 0 spiro atoms. The molecule has 2 N–H and O–H groups in total. The van der Waals surface area contributed by atoms with Crippen molar-refractivity contribution in [1.82, 2.24) is 0 Å². The fourth-order valence-electron chi connectivity index (χ4n) is 1.68. The van der Waals surface area contributed by atoms with E-state index in [2.05, 4.69) is 0 Å². The number of aliphatic hydroxyl groups excluding tert-OH is 1. The number of rotatable bonds is 3. The van der Waals surface area contributed by atoms with Gasteiger partial charge in [-0.3, -0.25) is 0 Å². The van der Waals surface area contributed by atoms with E-state index in [1.54, 1.807) is 18.2 Å². The molecular formula is C14H12O3. The first-order valence-corrected chi connectivity index (χ1v) is 5.24. The van der Waals surface area contributed by atoms with Crippen LogP contribution in [-0.4, -0.2) is 16.2 Å². The lowest BCUT2D eigenvalue weighted by molar-refractivity contribution is 0.0697. The second-order valence-corrected chi connectivity index (χ2v) is 3.74. The Morgan fingerprint density at radius 3 is 2.29 bits per heavy atom. The molecule has 0 radical (unpaired) electrons. The predicted octanol–water partition coefficient (Wildman–Crippen LogP) is 2.54. The molecule has 2 aromatic rings. The largest absolute Gasteiger partial charge is 0.478 e. The maximum Gasteiger partial charge on any atom is 0.335 e. The van der Waals surface area contributed by atoms with Crippen molar-refractivity contribution in [3.05, 3.63) is 59.7 Å². The summed E-state index contributed by atoms with van der Waals surface area (Å²) in [5.74, 6) is -0.940. The van der Waals surface area contributed by atoms with Crippen LogP contribution in [0.1, 0.15) is 15.9 Å². The number of carboxylic acids is 1. The zero-order chi connectivity index (χ0) is 12.3. The van der Waals surface area contributed by atoms with E-state index in [9.17, 15) is 4.79 Å². The average Bonchev–Trinajstić information content (AvgIpc) is 2.39. The highest BCUT2D eigenvalue weighted by Gasteiger charge is 2.04. The molecular weight excluding hydrogens is 216 g/mol. The van der Waals surface area contributed by atoms with E-state index >= 15 is 0 Å². The first-order chi connectivity index (χ1) is 8.20. The van der Waals surface area contributed by atoms with Gasteiger partial charge in [-0.15, -0.1) is 0 Å². The van der Waals surface area contributed by atoms with Crippen molar-refractivity contribution in [2.75, 3.05) is 0 Å². The van der Waals surface area contributed by atoms with Gasteiger partial charge in [-0.2, -0.15) is 0 Å². The summed E-state index contributed by atoms with van der Waals surface area (Å²) in [6.07, 6.45) is 0.